The van der Waals surface area contributed by atoms with Gasteiger partial charge in [0.2, 0.25) is 0 Å². The number of hydrogen-bond acceptors (Lipinski definition) is 9. The highest BCUT2D eigenvalue weighted by atomic mass is 16.6. The molecule has 2 rings (SSSR count). The van der Waals surface area contributed by atoms with Crippen LogP contribution in [0.5, 0.6) is 0 Å². The molecule has 0 radical (unpaired) electrons. The third kappa shape index (κ3) is 11.4. The average Bonchev–Trinajstić information content (AvgIpc) is 3.15. The summed E-state index contributed by atoms with van der Waals surface area (Å²) >= 11 is 0. The Morgan fingerprint density at radius 3 is 1.95 bits per heavy atom. The maximum Gasteiger partial charge on any atom is 0.325 e. The molecule has 0 spiro atoms. The zero-order chi connectivity index (χ0) is 27.0. The van der Waals surface area contributed by atoms with E-state index in [4.69, 9.17) is 15.2 Å². The van der Waals surface area contributed by atoms with E-state index < -0.39 is 36.7 Å². The van der Waals surface area contributed by atoms with Gasteiger partial charge in [0.1, 0.15) is 24.9 Å². The highest BCUT2D eigenvalue weighted by Crippen LogP contribution is 2.26. The van der Waals surface area contributed by atoms with E-state index in [1.54, 1.807) is 0 Å². The molecule has 0 aliphatic carbocycles. The first kappa shape index (κ1) is 31.0. The van der Waals surface area contributed by atoms with Crippen molar-refractivity contribution in [2.45, 2.75) is 121 Å². The van der Waals surface area contributed by atoms with Crippen LogP contribution < -0.4 is 11.1 Å². The summed E-state index contributed by atoms with van der Waals surface area (Å²) in [4.78, 5) is 36.3. The third-order valence-corrected chi connectivity index (χ3v) is 6.74. The molecule has 2 heterocycles. The molecular formula is C26H45N3O8. The quantitative estimate of drug-likeness (QED) is 0.155. The molecule has 212 valence electrons. The fourth-order valence-corrected chi connectivity index (χ4v) is 4.47. The van der Waals surface area contributed by atoms with Crippen LogP contribution in [0, 0.1) is 0 Å². The number of urea groups is 1. The normalized spacial score (nSPS) is 25.2. The molecule has 0 aromatic rings. The van der Waals surface area contributed by atoms with Crippen LogP contribution in [0.4, 0.5) is 4.79 Å². The smallest absolute Gasteiger partial charge is 0.325 e. The van der Waals surface area contributed by atoms with E-state index >= 15 is 0 Å². The van der Waals surface area contributed by atoms with Crippen LogP contribution in [0.2, 0.25) is 0 Å². The van der Waals surface area contributed by atoms with Gasteiger partial charge in [-0.15, -0.1) is 0 Å². The van der Waals surface area contributed by atoms with Crippen LogP contribution >= 0.6 is 0 Å². The SMILES string of the molecule is COC(=O)CCCCCCCCCCCCCCC(=O)OCC1OC(N2C=CC(N)NC2=O)C(O)C1O. The Balaban J connectivity index is 1.44. The summed E-state index contributed by atoms with van der Waals surface area (Å²) in [6, 6.07) is -0.548. The van der Waals surface area contributed by atoms with Crippen LogP contribution in [-0.2, 0) is 23.8 Å². The summed E-state index contributed by atoms with van der Waals surface area (Å²) in [5.41, 5.74) is 5.61. The molecule has 37 heavy (non-hydrogen) atoms. The number of carbonyl (C=O) groups is 3. The van der Waals surface area contributed by atoms with Crippen molar-refractivity contribution in [1.29, 1.82) is 0 Å². The third-order valence-electron chi connectivity index (χ3n) is 6.74. The first-order chi connectivity index (χ1) is 17.8. The number of rotatable bonds is 18. The Kier molecular flexibility index (Phi) is 14.5. The number of nitrogens with one attached hydrogen (secondary N) is 1. The molecule has 5 atom stereocenters. The van der Waals surface area contributed by atoms with E-state index in [1.807, 2.05) is 0 Å². The lowest BCUT2D eigenvalue weighted by molar-refractivity contribution is -0.150. The van der Waals surface area contributed by atoms with E-state index in [9.17, 15) is 24.6 Å². The molecule has 2 aliphatic heterocycles. The highest BCUT2D eigenvalue weighted by Gasteiger charge is 2.47. The van der Waals surface area contributed by atoms with Gasteiger partial charge in [0.15, 0.2) is 6.23 Å². The second kappa shape index (κ2) is 17.3. The van der Waals surface area contributed by atoms with Gasteiger partial charge in [-0.05, 0) is 18.9 Å². The number of amides is 2. The maximum atomic E-state index is 12.1. The molecule has 5 unspecified atom stereocenters. The van der Waals surface area contributed by atoms with Crippen LogP contribution in [0.15, 0.2) is 12.3 Å². The summed E-state index contributed by atoms with van der Waals surface area (Å²) in [5.74, 6) is -0.498. The van der Waals surface area contributed by atoms with Crippen molar-refractivity contribution in [1.82, 2.24) is 10.2 Å². The van der Waals surface area contributed by atoms with Gasteiger partial charge < -0.3 is 35.5 Å². The molecule has 0 bridgehead atoms. The lowest BCUT2D eigenvalue weighted by Crippen LogP contribution is -2.55. The van der Waals surface area contributed by atoms with Gasteiger partial charge in [-0.25, -0.2) is 4.79 Å². The maximum absolute atomic E-state index is 12.1. The Morgan fingerprint density at radius 2 is 1.43 bits per heavy atom. The minimum absolute atomic E-state index is 0.125. The lowest BCUT2D eigenvalue weighted by atomic mass is 10.0. The van der Waals surface area contributed by atoms with Crippen molar-refractivity contribution in [3.05, 3.63) is 12.3 Å². The number of unbranched alkanes of at least 4 members (excludes halogenated alkanes) is 11. The number of aliphatic hydroxyl groups excluding tert-OH is 2. The van der Waals surface area contributed by atoms with Crippen LogP contribution in [0.3, 0.4) is 0 Å². The molecule has 2 amide bonds. The van der Waals surface area contributed by atoms with E-state index in [-0.39, 0.29) is 18.5 Å². The molecular weight excluding hydrogens is 482 g/mol. The van der Waals surface area contributed by atoms with Crippen molar-refractivity contribution in [3.63, 3.8) is 0 Å². The lowest BCUT2D eigenvalue weighted by Gasteiger charge is -2.31. The van der Waals surface area contributed by atoms with Crippen LogP contribution in [0.25, 0.3) is 0 Å². The standard InChI is InChI=1S/C26H45N3O8/c1-35-21(30)14-12-10-8-6-4-2-3-5-7-9-11-13-15-22(31)36-18-19-23(32)24(33)25(37-19)29-17-16-20(27)28-26(29)34/h16-17,19-20,23-25,32-33H,2-15,18,27H2,1H3,(H,28,34). The first-order valence-corrected chi connectivity index (χ1v) is 13.6. The van der Waals surface area contributed by atoms with Crippen molar-refractivity contribution in [3.8, 4) is 0 Å². The van der Waals surface area contributed by atoms with Crippen molar-refractivity contribution in [2.75, 3.05) is 13.7 Å². The van der Waals surface area contributed by atoms with E-state index in [2.05, 4.69) is 10.1 Å². The molecule has 5 N–H and O–H groups in total. The number of ether oxygens (including phenoxy) is 3. The summed E-state index contributed by atoms with van der Waals surface area (Å²) in [7, 11) is 1.43. The largest absolute Gasteiger partial charge is 0.469 e. The number of hydrogen-bond donors (Lipinski definition) is 4. The summed E-state index contributed by atoms with van der Waals surface area (Å²) in [6.45, 7) is -0.197. The summed E-state index contributed by atoms with van der Waals surface area (Å²) in [6.07, 6.45) is 11.6. The zero-order valence-electron chi connectivity index (χ0n) is 22.0. The van der Waals surface area contributed by atoms with Gasteiger partial charge in [0, 0.05) is 19.0 Å². The number of methoxy groups -OCH3 is 1. The fraction of sp³-hybridized carbons (Fsp3) is 0.808. The Hall–Kier alpha value is -2.21. The van der Waals surface area contributed by atoms with E-state index in [0.29, 0.717) is 12.8 Å². The fourth-order valence-electron chi connectivity index (χ4n) is 4.47. The average molecular weight is 528 g/mol. The van der Waals surface area contributed by atoms with Crippen molar-refractivity contribution in [2.24, 2.45) is 5.73 Å². The number of aliphatic hydroxyl groups is 2. The molecule has 1 saturated heterocycles. The molecule has 11 nitrogen and oxygen atoms in total. The minimum atomic E-state index is -1.34. The van der Waals surface area contributed by atoms with Gasteiger partial charge in [0.25, 0.3) is 0 Å². The predicted octanol–water partition coefficient (Wildman–Crippen LogP) is 2.43. The molecule has 2 aliphatic rings. The number of nitrogens with two attached hydrogens (primary N) is 1. The van der Waals surface area contributed by atoms with Crippen molar-refractivity contribution < 1.29 is 38.8 Å². The number of nitrogens with zero attached hydrogens (tertiary/aromatic N) is 1. The van der Waals surface area contributed by atoms with E-state index in [0.717, 1.165) is 43.4 Å². The van der Waals surface area contributed by atoms with E-state index in [1.165, 1.54) is 57.9 Å². The topological polar surface area (TPSA) is 161 Å². The van der Waals surface area contributed by atoms with Gasteiger partial charge in [-0.1, -0.05) is 64.2 Å². The monoisotopic (exact) mass is 527 g/mol. The Bertz CT molecular complexity index is 735. The first-order valence-electron chi connectivity index (χ1n) is 13.6. The number of esters is 2. The molecule has 11 heteroatoms. The molecule has 1 fully saturated rings. The molecule has 0 aromatic heterocycles. The highest BCUT2D eigenvalue weighted by molar-refractivity contribution is 5.77. The molecule has 0 aromatic carbocycles. The Labute approximate surface area is 219 Å². The predicted molar refractivity (Wildman–Crippen MR) is 136 cm³/mol. The van der Waals surface area contributed by atoms with Crippen LogP contribution in [-0.4, -0.2) is 77.5 Å². The zero-order valence-corrected chi connectivity index (χ0v) is 22.0. The summed E-state index contributed by atoms with van der Waals surface area (Å²) in [5, 5.41) is 23.0. The van der Waals surface area contributed by atoms with Gasteiger partial charge in [0.05, 0.1) is 13.3 Å². The molecule has 0 saturated carbocycles. The summed E-state index contributed by atoms with van der Waals surface area (Å²) < 4.78 is 15.5. The van der Waals surface area contributed by atoms with Gasteiger partial charge >= 0.3 is 18.0 Å². The van der Waals surface area contributed by atoms with Crippen LogP contribution in [0.1, 0.15) is 89.9 Å². The second-order valence-corrected chi connectivity index (χ2v) is 9.77. The van der Waals surface area contributed by atoms with Gasteiger partial charge in [-0.2, -0.15) is 0 Å². The second-order valence-electron chi connectivity index (χ2n) is 9.77. The minimum Gasteiger partial charge on any atom is -0.469 e. The Morgan fingerprint density at radius 1 is 0.919 bits per heavy atom. The number of carbonyl (C=O) groups excluding carboxylic acids is 3. The van der Waals surface area contributed by atoms with Gasteiger partial charge in [-0.3, -0.25) is 14.5 Å². The van der Waals surface area contributed by atoms with Crippen molar-refractivity contribution >= 4 is 18.0 Å².